The van der Waals surface area contributed by atoms with Gasteiger partial charge in [0.1, 0.15) is 5.75 Å². The average molecular weight is 305 g/mol. The van der Waals surface area contributed by atoms with Crippen molar-refractivity contribution in [1.29, 1.82) is 0 Å². The number of rotatable bonds is 6. The molecular weight excluding hydrogens is 284 g/mol. The van der Waals surface area contributed by atoms with Gasteiger partial charge >= 0.3 is 0 Å². The fraction of sp³-hybridized carbons (Fsp3) is 0.353. The number of aromatic nitrogens is 1. The van der Waals surface area contributed by atoms with Crippen LogP contribution in [0.25, 0.3) is 0 Å². The Morgan fingerprint density at radius 1 is 1.24 bits per heavy atom. The maximum atomic E-state index is 5.95. The van der Waals surface area contributed by atoms with E-state index in [4.69, 9.17) is 16.3 Å². The summed E-state index contributed by atoms with van der Waals surface area (Å²) in [5.74, 6) is 2.02. The number of aryl methyl sites for hydroxylation is 1. The molecule has 1 aromatic heterocycles. The van der Waals surface area contributed by atoms with Gasteiger partial charge in [0.05, 0.1) is 0 Å². The molecule has 3 nitrogen and oxygen atoms in total. The van der Waals surface area contributed by atoms with E-state index in [-0.39, 0.29) is 0 Å². The quantitative estimate of drug-likeness (QED) is 0.848. The Hall–Kier alpha value is -1.58. The zero-order valence-electron chi connectivity index (χ0n) is 12.7. The molecule has 0 bridgehead atoms. The molecule has 0 aliphatic carbocycles. The highest BCUT2D eigenvalue weighted by atomic mass is 35.5. The molecule has 112 valence electrons. The normalized spacial score (nSPS) is 10.9. The third-order valence-corrected chi connectivity index (χ3v) is 3.27. The zero-order valence-corrected chi connectivity index (χ0v) is 13.4. The first kappa shape index (κ1) is 15.8. The molecule has 0 aliphatic heterocycles. The summed E-state index contributed by atoms with van der Waals surface area (Å²) in [5.41, 5.74) is 2.15. The number of hydrogen-bond acceptors (Lipinski definition) is 3. The number of ether oxygens (including phenoxy) is 1. The van der Waals surface area contributed by atoms with Gasteiger partial charge in [-0.25, -0.2) is 4.98 Å². The van der Waals surface area contributed by atoms with Crippen LogP contribution in [-0.2, 0) is 6.54 Å². The van der Waals surface area contributed by atoms with Crippen LogP contribution >= 0.6 is 11.6 Å². The van der Waals surface area contributed by atoms with Crippen molar-refractivity contribution in [2.45, 2.75) is 27.3 Å². The van der Waals surface area contributed by atoms with Gasteiger partial charge < -0.3 is 10.1 Å². The van der Waals surface area contributed by atoms with Gasteiger partial charge in [0.25, 0.3) is 0 Å². The number of nitrogens with zero attached hydrogens (tertiary/aromatic N) is 1. The number of benzene rings is 1. The molecule has 1 aromatic carbocycles. The molecule has 0 unspecified atom stereocenters. The lowest BCUT2D eigenvalue weighted by molar-refractivity contribution is 0.458. The lowest BCUT2D eigenvalue weighted by atomic mass is 10.2. The van der Waals surface area contributed by atoms with Crippen molar-refractivity contribution in [3.8, 4) is 11.6 Å². The van der Waals surface area contributed by atoms with Gasteiger partial charge in [-0.15, -0.1) is 0 Å². The van der Waals surface area contributed by atoms with Crippen molar-refractivity contribution >= 4 is 11.6 Å². The third kappa shape index (κ3) is 5.03. The van der Waals surface area contributed by atoms with Crippen LogP contribution in [0, 0.1) is 12.8 Å². The Kier molecular flexibility index (Phi) is 5.59. The van der Waals surface area contributed by atoms with E-state index in [2.05, 4.69) is 24.1 Å². The summed E-state index contributed by atoms with van der Waals surface area (Å²) in [6.45, 7) is 8.16. The summed E-state index contributed by atoms with van der Waals surface area (Å²) in [6.07, 6.45) is 1.77. The fourth-order valence-electron chi connectivity index (χ4n) is 1.96. The van der Waals surface area contributed by atoms with E-state index < -0.39 is 0 Å². The molecule has 0 atom stereocenters. The molecule has 0 radical (unpaired) electrons. The third-order valence-electron chi connectivity index (χ3n) is 3.03. The molecule has 0 spiro atoms. The number of nitrogens with one attached hydrogen (secondary N) is 1. The highest BCUT2D eigenvalue weighted by molar-refractivity contribution is 6.30. The van der Waals surface area contributed by atoms with Crippen LogP contribution in [0.4, 0.5) is 0 Å². The van der Waals surface area contributed by atoms with E-state index >= 15 is 0 Å². The van der Waals surface area contributed by atoms with Crippen LogP contribution in [0.3, 0.4) is 0 Å². The largest absolute Gasteiger partial charge is 0.439 e. The molecular formula is C17H21ClN2O. The Bertz CT molecular complexity index is 599. The minimum Gasteiger partial charge on any atom is -0.439 e. The Labute approximate surface area is 131 Å². The number of halogens is 1. The van der Waals surface area contributed by atoms with E-state index in [0.29, 0.717) is 16.8 Å². The van der Waals surface area contributed by atoms with Gasteiger partial charge in [-0.05, 0) is 54.8 Å². The predicted molar refractivity (Wildman–Crippen MR) is 87.0 cm³/mol. The van der Waals surface area contributed by atoms with Crippen molar-refractivity contribution in [2.75, 3.05) is 6.54 Å². The summed E-state index contributed by atoms with van der Waals surface area (Å²) in [7, 11) is 0. The van der Waals surface area contributed by atoms with Gasteiger partial charge in [-0.2, -0.15) is 0 Å². The van der Waals surface area contributed by atoms with Gasteiger partial charge in [0, 0.05) is 23.8 Å². The molecule has 0 saturated carbocycles. The van der Waals surface area contributed by atoms with E-state index in [9.17, 15) is 0 Å². The van der Waals surface area contributed by atoms with Crippen LogP contribution in [0.2, 0.25) is 5.02 Å². The summed E-state index contributed by atoms with van der Waals surface area (Å²) in [6, 6.07) is 9.52. The summed E-state index contributed by atoms with van der Waals surface area (Å²) in [4.78, 5) is 4.26. The Morgan fingerprint density at radius 3 is 2.76 bits per heavy atom. The van der Waals surface area contributed by atoms with E-state index in [1.54, 1.807) is 6.20 Å². The minimum absolute atomic E-state index is 0.601. The maximum absolute atomic E-state index is 5.95. The predicted octanol–water partition coefficient (Wildman–Crippen LogP) is 4.58. The van der Waals surface area contributed by atoms with Crippen molar-refractivity contribution in [3.63, 3.8) is 0 Å². The van der Waals surface area contributed by atoms with Crippen LogP contribution < -0.4 is 10.1 Å². The van der Waals surface area contributed by atoms with E-state index in [1.165, 1.54) is 0 Å². The first-order chi connectivity index (χ1) is 10.0. The second-order valence-corrected chi connectivity index (χ2v) is 5.98. The molecule has 21 heavy (non-hydrogen) atoms. The Balaban J connectivity index is 2.03. The van der Waals surface area contributed by atoms with Crippen LogP contribution in [-0.4, -0.2) is 11.5 Å². The molecule has 1 heterocycles. The fourth-order valence-corrected chi connectivity index (χ4v) is 2.19. The smallest absolute Gasteiger partial charge is 0.219 e. The second kappa shape index (κ2) is 7.43. The summed E-state index contributed by atoms with van der Waals surface area (Å²) >= 11 is 5.95. The second-order valence-electron chi connectivity index (χ2n) is 5.54. The standard InChI is InChI=1S/C17H21ClN2O/c1-12(2)10-19-11-14-6-7-20-17(9-14)21-16-5-4-15(18)8-13(16)3/h4-9,12,19H,10-11H2,1-3H3. The number of hydrogen-bond donors (Lipinski definition) is 1. The van der Waals surface area contributed by atoms with E-state index in [0.717, 1.165) is 30.0 Å². The molecule has 1 N–H and O–H groups in total. The molecule has 0 fully saturated rings. The first-order valence-electron chi connectivity index (χ1n) is 7.14. The molecule has 4 heteroatoms. The average Bonchev–Trinajstić information content (AvgIpc) is 2.42. The monoisotopic (exact) mass is 304 g/mol. The van der Waals surface area contributed by atoms with Gasteiger partial charge in [-0.3, -0.25) is 0 Å². The molecule has 2 aromatic rings. The van der Waals surface area contributed by atoms with Crippen molar-refractivity contribution in [2.24, 2.45) is 5.92 Å². The minimum atomic E-state index is 0.601. The zero-order chi connectivity index (χ0) is 15.2. The molecule has 0 aliphatic rings. The molecule has 0 amide bonds. The Morgan fingerprint density at radius 2 is 2.05 bits per heavy atom. The SMILES string of the molecule is Cc1cc(Cl)ccc1Oc1cc(CNCC(C)C)ccn1. The maximum Gasteiger partial charge on any atom is 0.219 e. The molecule has 2 rings (SSSR count). The summed E-state index contributed by atoms with van der Waals surface area (Å²) < 4.78 is 5.83. The van der Waals surface area contributed by atoms with E-state index in [1.807, 2.05) is 37.3 Å². The lowest BCUT2D eigenvalue weighted by Gasteiger charge is -2.10. The van der Waals surface area contributed by atoms with Gasteiger partial charge in [0.2, 0.25) is 5.88 Å². The number of pyridine rings is 1. The first-order valence-corrected chi connectivity index (χ1v) is 7.52. The lowest BCUT2D eigenvalue weighted by Crippen LogP contribution is -2.18. The van der Waals surface area contributed by atoms with Gasteiger partial charge in [0.15, 0.2) is 0 Å². The van der Waals surface area contributed by atoms with Crippen molar-refractivity contribution in [1.82, 2.24) is 10.3 Å². The topological polar surface area (TPSA) is 34.1 Å². The van der Waals surface area contributed by atoms with Crippen LogP contribution in [0.5, 0.6) is 11.6 Å². The van der Waals surface area contributed by atoms with Crippen molar-refractivity contribution in [3.05, 3.63) is 52.7 Å². The highest BCUT2D eigenvalue weighted by Crippen LogP contribution is 2.26. The van der Waals surface area contributed by atoms with Crippen molar-refractivity contribution < 1.29 is 4.74 Å². The van der Waals surface area contributed by atoms with Crippen LogP contribution in [0.1, 0.15) is 25.0 Å². The van der Waals surface area contributed by atoms with Gasteiger partial charge in [-0.1, -0.05) is 25.4 Å². The summed E-state index contributed by atoms with van der Waals surface area (Å²) in [5, 5.41) is 4.12. The highest BCUT2D eigenvalue weighted by Gasteiger charge is 2.04. The van der Waals surface area contributed by atoms with Crippen LogP contribution in [0.15, 0.2) is 36.5 Å². The molecule has 0 saturated heterocycles.